The van der Waals surface area contributed by atoms with E-state index in [1.54, 1.807) is 0 Å². The Bertz CT molecular complexity index is 783. The fourth-order valence-corrected chi connectivity index (χ4v) is 3.60. The molecule has 0 spiro atoms. The SMILES string of the molecule is COC(=O)C(=NNc1cccc(S(=O)(=O)N2CCOCC2)c1)C(=O)OC. The van der Waals surface area contributed by atoms with Gasteiger partial charge >= 0.3 is 11.9 Å². The van der Waals surface area contributed by atoms with Crippen LogP contribution >= 0.6 is 0 Å². The zero-order chi connectivity index (χ0) is 19.2. The molecular weight excluding hydrogens is 366 g/mol. The number of morpholine rings is 1. The highest BCUT2D eigenvalue weighted by Gasteiger charge is 2.26. The highest BCUT2D eigenvalue weighted by molar-refractivity contribution is 7.89. The number of hydrogen-bond acceptors (Lipinski definition) is 9. The van der Waals surface area contributed by atoms with Crippen molar-refractivity contribution in [1.29, 1.82) is 0 Å². The van der Waals surface area contributed by atoms with Crippen molar-refractivity contribution in [2.24, 2.45) is 5.10 Å². The summed E-state index contributed by atoms with van der Waals surface area (Å²) in [6.07, 6.45) is 0. The second kappa shape index (κ2) is 8.74. The third-order valence-electron chi connectivity index (χ3n) is 3.50. The Morgan fingerprint density at radius 3 is 2.35 bits per heavy atom. The second-order valence-electron chi connectivity index (χ2n) is 5.10. The van der Waals surface area contributed by atoms with Gasteiger partial charge in [0.25, 0.3) is 5.71 Å². The molecule has 26 heavy (non-hydrogen) atoms. The van der Waals surface area contributed by atoms with E-state index in [1.807, 2.05) is 0 Å². The summed E-state index contributed by atoms with van der Waals surface area (Å²) in [5.74, 6) is -1.97. The zero-order valence-electron chi connectivity index (χ0n) is 14.3. The first-order valence-corrected chi connectivity index (χ1v) is 9.02. The maximum absolute atomic E-state index is 12.6. The van der Waals surface area contributed by atoms with Crippen LogP contribution in [-0.2, 0) is 33.8 Å². The number of esters is 2. The quantitative estimate of drug-likeness (QED) is 0.310. The highest BCUT2D eigenvalue weighted by Crippen LogP contribution is 2.20. The number of benzene rings is 1. The molecule has 0 saturated carbocycles. The first kappa shape index (κ1) is 19.8. The predicted molar refractivity (Wildman–Crippen MR) is 91.1 cm³/mol. The van der Waals surface area contributed by atoms with Crippen molar-refractivity contribution in [2.45, 2.75) is 4.90 Å². The number of hydrogen-bond donors (Lipinski definition) is 1. The van der Waals surface area contributed by atoms with Crippen LogP contribution in [0.1, 0.15) is 0 Å². The Morgan fingerprint density at radius 2 is 1.77 bits per heavy atom. The van der Waals surface area contributed by atoms with E-state index in [0.29, 0.717) is 13.2 Å². The molecule has 0 atom stereocenters. The van der Waals surface area contributed by atoms with Crippen molar-refractivity contribution in [1.82, 2.24) is 4.31 Å². The molecule has 1 heterocycles. The van der Waals surface area contributed by atoms with Crippen LogP contribution in [0.15, 0.2) is 34.3 Å². The Balaban J connectivity index is 2.24. The molecule has 1 aromatic carbocycles. The predicted octanol–water partition coefficient (Wildman–Crippen LogP) is -0.179. The lowest BCUT2D eigenvalue weighted by molar-refractivity contribution is -0.138. The molecule has 0 amide bonds. The summed E-state index contributed by atoms with van der Waals surface area (Å²) in [7, 11) is -1.50. The van der Waals surface area contributed by atoms with Gasteiger partial charge in [-0.3, -0.25) is 5.43 Å². The standard InChI is InChI=1S/C15H19N3O7S/c1-23-14(19)13(15(20)24-2)17-16-11-4-3-5-12(10-11)26(21,22)18-6-8-25-9-7-18/h3-5,10,16H,6-9H2,1-2H3. The third kappa shape index (κ3) is 4.56. The number of carbonyl (C=O) groups excluding carboxylic acids is 2. The van der Waals surface area contributed by atoms with Gasteiger partial charge in [0.15, 0.2) is 0 Å². The summed E-state index contributed by atoms with van der Waals surface area (Å²) in [6, 6.07) is 5.84. The molecule has 11 heteroatoms. The van der Waals surface area contributed by atoms with E-state index in [1.165, 1.54) is 28.6 Å². The van der Waals surface area contributed by atoms with Gasteiger partial charge in [0, 0.05) is 13.1 Å². The Labute approximate surface area is 150 Å². The van der Waals surface area contributed by atoms with Crippen molar-refractivity contribution in [3.05, 3.63) is 24.3 Å². The van der Waals surface area contributed by atoms with Crippen LogP contribution in [0.3, 0.4) is 0 Å². The number of anilines is 1. The average molecular weight is 385 g/mol. The molecule has 0 aromatic heterocycles. The number of nitrogens with zero attached hydrogens (tertiary/aromatic N) is 2. The maximum Gasteiger partial charge on any atom is 0.366 e. The molecule has 142 valence electrons. The number of sulfonamides is 1. The van der Waals surface area contributed by atoms with Crippen LogP contribution in [0.25, 0.3) is 0 Å². The van der Waals surface area contributed by atoms with E-state index in [-0.39, 0.29) is 23.7 Å². The van der Waals surface area contributed by atoms with E-state index in [4.69, 9.17) is 4.74 Å². The van der Waals surface area contributed by atoms with Crippen molar-refractivity contribution in [2.75, 3.05) is 45.9 Å². The Hall–Kier alpha value is -2.50. The van der Waals surface area contributed by atoms with Crippen molar-refractivity contribution >= 4 is 33.4 Å². The maximum atomic E-state index is 12.6. The van der Waals surface area contributed by atoms with Crippen LogP contribution in [0.5, 0.6) is 0 Å². The molecule has 1 fully saturated rings. The summed E-state index contributed by atoms with van der Waals surface area (Å²) in [4.78, 5) is 23.2. The van der Waals surface area contributed by atoms with E-state index in [0.717, 1.165) is 14.2 Å². The Morgan fingerprint density at radius 1 is 1.15 bits per heavy atom. The van der Waals surface area contributed by atoms with Gasteiger partial charge in [-0.15, -0.1) is 0 Å². The zero-order valence-corrected chi connectivity index (χ0v) is 15.1. The summed E-state index contributed by atoms with van der Waals surface area (Å²) in [6.45, 7) is 1.21. The molecule has 10 nitrogen and oxygen atoms in total. The largest absolute Gasteiger partial charge is 0.464 e. The minimum absolute atomic E-state index is 0.0530. The van der Waals surface area contributed by atoms with E-state index in [9.17, 15) is 18.0 Å². The lowest BCUT2D eigenvalue weighted by Gasteiger charge is -2.26. The van der Waals surface area contributed by atoms with Crippen molar-refractivity contribution < 1.29 is 32.2 Å². The first-order chi connectivity index (χ1) is 12.4. The van der Waals surface area contributed by atoms with Gasteiger partial charge < -0.3 is 14.2 Å². The lowest BCUT2D eigenvalue weighted by Crippen LogP contribution is -2.40. The summed E-state index contributed by atoms with van der Waals surface area (Å²) in [5.41, 5.74) is 2.14. The van der Waals surface area contributed by atoms with Gasteiger partial charge in [0.1, 0.15) is 0 Å². The normalized spacial score (nSPS) is 15.0. The number of nitrogens with one attached hydrogen (secondary N) is 1. The van der Waals surface area contributed by atoms with Gasteiger partial charge in [-0.05, 0) is 18.2 Å². The third-order valence-corrected chi connectivity index (χ3v) is 5.39. The summed E-state index contributed by atoms with van der Waals surface area (Å²) in [5, 5.41) is 3.66. The molecule has 1 aliphatic heterocycles. The molecule has 2 rings (SSSR count). The van der Waals surface area contributed by atoms with E-state index in [2.05, 4.69) is 20.0 Å². The van der Waals surface area contributed by atoms with Gasteiger partial charge in [-0.2, -0.15) is 9.41 Å². The molecule has 0 unspecified atom stereocenters. The lowest BCUT2D eigenvalue weighted by atomic mass is 10.3. The fraction of sp³-hybridized carbons (Fsp3) is 0.400. The molecule has 0 bridgehead atoms. The molecule has 0 aliphatic carbocycles. The number of carbonyl (C=O) groups is 2. The van der Waals surface area contributed by atoms with Crippen LogP contribution in [0, 0.1) is 0 Å². The van der Waals surface area contributed by atoms with E-state index < -0.39 is 27.7 Å². The van der Waals surface area contributed by atoms with E-state index >= 15 is 0 Å². The molecular formula is C15H19N3O7S. The Kier molecular flexibility index (Phi) is 6.66. The molecule has 1 N–H and O–H groups in total. The first-order valence-electron chi connectivity index (χ1n) is 7.58. The number of methoxy groups -OCH3 is 2. The minimum atomic E-state index is -3.68. The molecule has 1 aromatic rings. The minimum Gasteiger partial charge on any atom is -0.464 e. The van der Waals surface area contributed by atoms with Crippen LogP contribution in [0.4, 0.5) is 5.69 Å². The second-order valence-corrected chi connectivity index (χ2v) is 7.04. The highest BCUT2D eigenvalue weighted by atomic mass is 32.2. The number of hydrazone groups is 1. The fourth-order valence-electron chi connectivity index (χ4n) is 2.15. The van der Waals surface area contributed by atoms with Gasteiger partial charge in [0.05, 0.1) is 38.0 Å². The van der Waals surface area contributed by atoms with Crippen LogP contribution in [-0.4, -0.2) is 70.9 Å². The molecule has 1 saturated heterocycles. The summed E-state index contributed by atoms with van der Waals surface area (Å²) >= 11 is 0. The van der Waals surface area contributed by atoms with Gasteiger partial charge in [-0.1, -0.05) is 6.07 Å². The topological polar surface area (TPSA) is 124 Å². The van der Waals surface area contributed by atoms with Crippen LogP contribution < -0.4 is 5.43 Å². The van der Waals surface area contributed by atoms with Gasteiger partial charge in [0.2, 0.25) is 10.0 Å². The number of ether oxygens (including phenoxy) is 3. The summed E-state index contributed by atoms with van der Waals surface area (Å²) < 4.78 is 40.7. The van der Waals surface area contributed by atoms with Crippen LogP contribution in [0.2, 0.25) is 0 Å². The monoisotopic (exact) mass is 385 g/mol. The van der Waals surface area contributed by atoms with Gasteiger partial charge in [-0.25, -0.2) is 18.0 Å². The van der Waals surface area contributed by atoms with Crippen molar-refractivity contribution in [3.8, 4) is 0 Å². The number of rotatable bonds is 6. The average Bonchev–Trinajstić information content (AvgIpc) is 2.68. The smallest absolute Gasteiger partial charge is 0.366 e. The molecule has 0 radical (unpaired) electrons. The van der Waals surface area contributed by atoms with Crippen molar-refractivity contribution in [3.63, 3.8) is 0 Å². The molecule has 1 aliphatic rings.